The van der Waals surface area contributed by atoms with E-state index in [0.29, 0.717) is 17.1 Å². The van der Waals surface area contributed by atoms with Gasteiger partial charge in [-0.3, -0.25) is 0 Å². The van der Waals surface area contributed by atoms with Crippen molar-refractivity contribution in [2.24, 2.45) is 0 Å². The van der Waals surface area contributed by atoms with Crippen molar-refractivity contribution in [2.45, 2.75) is 0 Å². The predicted molar refractivity (Wildman–Crippen MR) is 60.7 cm³/mol. The van der Waals surface area contributed by atoms with Crippen LogP contribution in [0.15, 0.2) is 18.2 Å². The third-order valence-electron chi connectivity index (χ3n) is 1.75. The first-order valence-electron chi connectivity index (χ1n) is 4.20. The zero-order valence-corrected chi connectivity index (χ0v) is 9.04. The van der Waals surface area contributed by atoms with Crippen LogP contribution >= 0.6 is 12.6 Å². The molecule has 0 amide bonds. The summed E-state index contributed by atoms with van der Waals surface area (Å²) < 4.78 is 5.06. The van der Waals surface area contributed by atoms with Crippen molar-refractivity contribution in [2.75, 3.05) is 12.9 Å². The van der Waals surface area contributed by atoms with Crippen molar-refractivity contribution in [1.82, 2.24) is 0 Å². The topological polar surface area (TPSA) is 46.5 Å². The molecule has 0 fully saturated rings. The van der Waals surface area contributed by atoms with Gasteiger partial charge in [-0.25, -0.2) is 4.79 Å². The number of hydrogen-bond acceptors (Lipinski definition) is 3. The maximum atomic E-state index is 10.7. The summed E-state index contributed by atoms with van der Waals surface area (Å²) in [6, 6.07) is 4.55. The van der Waals surface area contributed by atoms with Gasteiger partial charge in [-0.1, -0.05) is 11.8 Å². The molecule has 3 nitrogen and oxygen atoms in total. The summed E-state index contributed by atoms with van der Waals surface area (Å²) >= 11 is 3.95. The Morgan fingerprint density at radius 3 is 2.87 bits per heavy atom. The second-order valence-electron chi connectivity index (χ2n) is 2.68. The quantitative estimate of drug-likeness (QED) is 0.591. The molecule has 0 aliphatic carbocycles. The number of carbonyl (C=O) groups is 1. The average Bonchev–Trinajstić information content (AvgIpc) is 2.25. The second-order valence-corrected chi connectivity index (χ2v) is 3.00. The molecule has 0 bridgehead atoms. The number of aromatic carboxylic acids is 1. The molecule has 4 heteroatoms. The van der Waals surface area contributed by atoms with Crippen molar-refractivity contribution < 1.29 is 14.6 Å². The van der Waals surface area contributed by atoms with Gasteiger partial charge >= 0.3 is 5.97 Å². The van der Waals surface area contributed by atoms with Gasteiger partial charge in [0.15, 0.2) is 0 Å². The summed E-state index contributed by atoms with van der Waals surface area (Å²) in [5, 5.41) is 8.79. The highest BCUT2D eigenvalue weighted by molar-refractivity contribution is 7.80. The number of benzene rings is 1. The molecule has 0 aliphatic rings. The molecular formula is C11H10O3S. The molecule has 0 atom stereocenters. The molecule has 0 saturated heterocycles. The predicted octanol–water partition coefficient (Wildman–Crippen LogP) is 1.67. The van der Waals surface area contributed by atoms with Gasteiger partial charge in [0.2, 0.25) is 0 Å². The fourth-order valence-electron chi connectivity index (χ4n) is 1.07. The highest BCUT2D eigenvalue weighted by Gasteiger charge is 2.06. The van der Waals surface area contributed by atoms with Gasteiger partial charge in [0, 0.05) is 0 Å². The Hall–Kier alpha value is -1.60. The van der Waals surface area contributed by atoms with Gasteiger partial charge in [-0.05, 0) is 18.2 Å². The van der Waals surface area contributed by atoms with Gasteiger partial charge in [-0.15, -0.1) is 0 Å². The normalized spacial score (nSPS) is 8.93. The third kappa shape index (κ3) is 2.93. The van der Waals surface area contributed by atoms with E-state index in [-0.39, 0.29) is 5.56 Å². The molecule has 78 valence electrons. The lowest BCUT2D eigenvalue weighted by molar-refractivity contribution is 0.0697. The van der Waals surface area contributed by atoms with E-state index in [9.17, 15) is 4.79 Å². The number of carboxylic acids is 1. The fourth-order valence-corrected chi connectivity index (χ4v) is 1.15. The molecule has 1 N–H and O–H groups in total. The van der Waals surface area contributed by atoms with Crippen LogP contribution in [0.3, 0.4) is 0 Å². The SMILES string of the molecule is COc1ccc(C(=O)O)cc1C#CCS. The van der Waals surface area contributed by atoms with E-state index in [1.54, 1.807) is 6.07 Å². The Bertz CT molecular complexity index is 429. The minimum Gasteiger partial charge on any atom is -0.495 e. The van der Waals surface area contributed by atoms with Crippen LogP contribution in [-0.4, -0.2) is 23.9 Å². The summed E-state index contributed by atoms with van der Waals surface area (Å²) in [5.74, 6) is 5.54. The zero-order valence-electron chi connectivity index (χ0n) is 8.15. The minimum absolute atomic E-state index is 0.194. The average molecular weight is 222 g/mol. The molecular weight excluding hydrogens is 212 g/mol. The molecule has 1 aromatic rings. The van der Waals surface area contributed by atoms with E-state index in [1.807, 2.05) is 0 Å². The molecule has 0 saturated carbocycles. The lowest BCUT2D eigenvalue weighted by Crippen LogP contribution is -1.98. The largest absolute Gasteiger partial charge is 0.495 e. The molecule has 0 aliphatic heterocycles. The van der Waals surface area contributed by atoms with Crippen molar-refractivity contribution in [3.05, 3.63) is 29.3 Å². The molecule has 0 aromatic heterocycles. The Morgan fingerprint density at radius 2 is 2.33 bits per heavy atom. The van der Waals surface area contributed by atoms with Gasteiger partial charge in [0.25, 0.3) is 0 Å². The van der Waals surface area contributed by atoms with Gasteiger partial charge in [0.1, 0.15) is 5.75 Å². The Labute approximate surface area is 93.5 Å². The Balaban J connectivity index is 3.19. The number of thiol groups is 1. The number of hydrogen-bond donors (Lipinski definition) is 2. The van der Waals surface area contributed by atoms with E-state index in [1.165, 1.54) is 19.2 Å². The number of ether oxygens (including phenoxy) is 1. The lowest BCUT2D eigenvalue weighted by Gasteiger charge is -2.03. The smallest absolute Gasteiger partial charge is 0.335 e. The van der Waals surface area contributed by atoms with E-state index >= 15 is 0 Å². The first-order chi connectivity index (χ1) is 7.19. The summed E-state index contributed by atoms with van der Waals surface area (Å²) in [7, 11) is 1.52. The molecule has 1 rings (SSSR count). The van der Waals surface area contributed by atoms with Crippen LogP contribution in [0, 0.1) is 11.8 Å². The monoisotopic (exact) mass is 222 g/mol. The third-order valence-corrected chi connectivity index (χ3v) is 1.91. The van der Waals surface area contributed by atoms with Crippen LogP contribution in [0.25, 0.3) is 0 Å². The van der Waals surface area contributed by atoms with Crippen LogP contribution in [0.1, 0.15) is 15.9 Å². The van der Waals surface area contributed by atoms with Crippen molar-refractivity contribution in [1.29, 1.82) is 0 Å². The molecule has 0 radical (unpaired) electrons. The van der Waals surface area contributed by atoms with Crippen LogP contribution in [-0.2, 0) is 0 Å². The van der Waals surface area contributed by atoms with Crippen molar-refractivity contribution in [3.8, 4) is 17.6 Å². The summed E-state index contributed by atoms with van der Waals surface area (Å²) in [6.07, 6.45) is 0. The maximum absolute atomic E-state index is 10.7. The molecule has 0 spiro atoms. The standard InChI is InChI=1S/C11H10O3S/c1-14-10-5-4-9(11(12)13)7-8(10)3-2-6-15/h4-5,7,15H,6H2,1H3,(H,12,13). The van der Waals surface area contributed by atoms with Crippen molar-refractivity contribution in [3.63, 3.8) is 0 Å². The van der Waals surface area contributed by atoms with E-state index < -0.39 is 5.97 Å². The summed E-state index contributed by atoms with van der Waals surface area (Å²) in [5.41, 5.74) is 0.755. The first kappa shape index (κ1) is 11.5. The lowest BCUT2D eigenvalue weighted by atomic mass is 10.1. The molecule has 1 aromatic carbocycles. The molecule has 0 heterocycles. The van der Waals surface area contributed by atoms with Gasteiger partial charge in [-0.2, -0.15) is 12.6 Å². The van der Waals surface area contributed by atoms with E-state index in [0.717, 1.165) is 0 Å². The van der Waals surface area contributed by atoms with Crippen LogP contribution in [0.2, 0.25) is 0 Å². The minimum atomic E-state index is -0.980. The van der Waals surface area contributed by atoms with Crippen LogP contribution < -0.4 is 4.74 Å². The summed E-state index contributed by atoms with van der Waals surface area (Å²) in [4.78, 5) is 10.7. The van der Waals surface area contributed by atoms with Crippen molar-refractivity contribution >= 4 is 18.6 Å². The molecule has 15 heavy (non-hydrogen) atoms. The number of carboxylic acid groups (broad SMARTS) is 1. The highest BCUT2D eigenvalue weighted by atomic mass is 32.1. The second kappa shape index (κ2) is 5.32. The maximum Gasteiger partial charge on any atom is 0.335 e. The van der Waals surface area contributed by atoms with E-state index in [4.69, 9.17) is 9.84 Å². The Kier molecular flexibility index (Phi) is 4.07. The summed E-state index contributed by atoms with van der Waals surface area (Å²) in [6.45, 7) is 0. The number of rotatable bonds is 2. The zero-order chi connectivity index (χ0) is 11.3. The highest BCUT2D eigenvalue weighted by Crippen LogP contribution is 2.18. The fraction of sp³-hybridized carbons (Fsp3) is 0.182. The first-order valence-corrected chi connectivity index (χ1v) is 4.83. The molecule has 0 unspecified atom stereocenters. The Morgan fingerprint density at radius 1 is 1.60 bits per heavy atom. The van der Waals surface area contributed by atoms with Crippen LogP contribution in [0.5, 0.6) is 5.75 Å². The van der Waals surface area contributed by atoms with Crippen LogP contribution in [0.4, 0.5) is 0 Å². The number of methoxy groups -OCH3 is 1. The van der Waals surface area contributed by atoms with E-state index in [2.05, 4.69) is 24.5 Å². The van der Waals surface area contributed by atoms with Gasteiger partial charge < -0.3 is 9.84 Å². The van der Waals surface area contributed by atoms with Gasteiger partial charge in [0.05, 0.1) is 24.0 Å².